The minimum atomic E-state index is 0.136. The van der Waals surface area contributed by atoms with Crippen LogP contribution in [0.4, 0.5) is 5.82 Å². The highest BCUT2D eigenvalue weighted by Gasteiger charge is 2.30. The number of carbonyl (C=O) groups is 1. The number of amides is 1. The minimum Gasteiger partial charge on any atom is -0.357 e. The molecule has 1 aromatic carbocycles. The van der Waals surface area contributed by atoms with Crippen LogP contribution in [0.25, 0.3) is 0 Å². The van der Waals surface area contributed by atoms with Crippen LogP contribution in [0.1, 0.15) is 59.6 Å². The Labute approximate surface area is 155 Å². The van der Waals surface area contributed by atoms with Gasteiger partial charge in [-0.2, -0.15) is 0 Å². The van der Waals surface area contributed by atoms with E-state index >= 15 is 0 Å². The summed E-state index contributed by atoms with van der Waals surface area (Å²) in [6, 6.07) is 12.0. The predicted octanol–water partition coefficient (Wildman–Crippen LogP) is 4.36. The first-order chi connectivity index (χ1) is 12.7. The molecule has 136 valence electrons. The lowest BCUT2D eigenvalue weighted by Gasteiger charge is -2.37. The summed E-state index contributed by atoms with van der Waals surface area (Å²) in [5, 5.41) is 0. The molecule has 1 amide bonds. The van der Waals surface area contributed by atoms with Gasteiger partial charge in [-0.05, 0) is 68.4 Å². The highest BCUT2D eigenvalue weighted by Crippen LogP contribution is 2.34. The fourth-order valence-corrected chi connectivity index (χ4v) is 4.26. The SMILES string of the molecule is Cc1cc(N2CCCC2)ncc1[C@@H]1CCCCN1C(=O)c1ccccc1. The third kappa shape index (κ3) is 3.33. The Morgan fingerprint density at radius 2 is 1.77 bits per heavy atom. The van der Waals surface area contributed by atoms with Crippen LogP contribution < -0.4 is 4.90 Å². The lowest BCUT2D eigenvalue weighted by molar-refractivity contribution is 0.0610. The second kappa shape index (κ2) is 7.48. The fourth-order valence-electron chi connectivity index (χ4n) is 4.26. The molecule has 0 unspecified atom stereocenters. The molecule has 2 aliphatic heterocycles. The number of benzene rings is 1. The van der Waals surface area contributed by atoms with Crippen molar-refractivity contribution >= 4 is 11.7 Å². The molecule has 0 bridgehead atoms. The largest absolute Gasteiger partial charge is 0.357 e. The Kier molecular flexibility index (Phi) is 4.91. The van der Waals surface area contributed by atoms with Crippen molar-refractivity contribution in [2.45, 2.75) is 45.1 Å². The normalized spacial score (nSPS) is 20.4. The Balaban J connectivity index is 1.61. The highest BCUT2D eigenvalue weighted by molar-refractivity contribution is 5.94. The third-order valence-corrected chi connectivity index (χ3v) is 5.71. The average molecular weight is 349 g/mol. The van der Waals surface area contributed by atoms with Crippen molar-refractivity contribution in [1.29, 1.82) is 0 Å². The van der Waals surface area contributed by atoms with Gasteiger partial charge in [0.1, 0.15) is 5.82 Å². The van der Waals surface area contributed by atoms with Gasteiger partial charge in [0.25, 0.3) is 5.91 Å². The number of anilines is 1. The lowest BCUT2D eigenvalue weighted by Crippen LogP contribution is -2.38. The van der Waals surface area contributed by atoms with Crippen LogP contribution in [0, 0.1) is 6.92 Å². The van der Waals surface area contributed by atoms with Crippen LogP contribution in [0.3, 0.4) is 0 Å². The number of aryl methyl sites for hydroxylation is 1. The van der Waals surface area contributed by atoms with Crippen molar-refractivity contribution in [1.82, 2.24) is 9.88 Å². The number of hydrogen-bond donors (Lipinski definition) is 0. The highest BCUT2D eigenvalue weighted by atomic mass is 16.2. The molecule has 2 saturated heterocycles. The molecule has 3 heterocycles. The van der Waals surface area contributed by atoms with E-state index in [-0.39, 0.29) is 11.9 Å². The van der Waals surface area contributed by atoms with E-state index in [4.69, 9.17) is 4.98 Å². The van der Waals surface area contributed by atoms with Crippen LogP contribution in [0.5, 0.6) is 0 Å². The summed E-state index contributed by atoms with van der Waals surface area (Å²) in [5.41, 5.74) is 3.23. The molecule has 0 spiro atoms. The molecule has 26 heavy (non-hydrogen) atoms. The van der Waals surface area contributed by atoms with E-state index in [0.717, 1.165) is 50.3 Å². The summed E-state index contributed by atoms with van der Waals surface area (Å²) in [7, 11) is 0. The quantitative estimate of drug-likeness (QED) is 0.826. The Hall–Kier alpha value is -2.36. The predicted molar refractivity (Wildman–Crippen MR) is 104 cm³/mol. The van der Waals surface area contributed by atoms with E-state index < -0.39 is 0 Å². The van der Waals surface area contributed by atoms with Gasteiger partial charge in [-0.1, -0.05) is 18.2 Å². The zero-order valence-corrected chi connectivity index (χ0v) is 15.5. The van der Waals surface area contributed by atoms with Crippen LogP contribution in [0.15, 0.2) is 42.6 Å². The fraction of sp³-hybridized carbons (Fsp3) is 0.455. The van der Waals surface area contributed by atoms with Gasteiger partial charge in [-0.3, -0.25) is 4.79 Å². The molecule has 2 aliphatic rings. The van der Waals surface area contributed by atoms with E-state index in [1.165, 1.54) is 24.0 Å². The Morgan fingerprint density at radius 1 is 1.04 bits per heavy atom. The van der Waals surface area contributed by atoms with Gasteiger partial charge in [-0.25, -0.2) is 4.98 Å². The molecule has 1 atom stereocenters. The summed E-state index contributed by atoms with van der Waals surface area (Å²) in [5.74, 6) is 1.22. The second-order valence-electron chi connectivity index (χ2n) is 7.47. The molecule has 4 heteroatoms. The smallest absolute Gasteiger partial charge is 0.254 e. The van der Waals surface area contributed by atoms with Gasteiger partial charge < -0.3 is 9.80 Å². The van der Waals surface area contributed by atoms with Gasteiger partial charge in [0.2, 0.25) is 0 Å². The molecule has 4 nitrogen and oxygen atoms in total. The monoisotopic (exact) mass is 349 g/mol. The standard InChI is InChI=1S/C22H27N3O/c1-17-15-21(24-12-7-8-13-24)23-16-19(17)20-11-5-6-14-25(20)22(26)18-9-3-2-4-10-18/h2-4,9-10,15-16,20H,5-8,11-14H2,1H3/t20-/m0/s1. The van der Waals surface area contributed by atoms with E-state index in [2.05, 4.69) is 22.8 Å². The molecule has 4 rings (SSSR count). The van der Waals surface area contributed by atoms with E-state index in [0.29, 0.717) is 0 Å². The zero-order chi connectivity index (χ0) is 17.9. The number of pyridine rings is 1. The molecular weight excluding hydrogens is 322 g/mol. The topological polar surface area (TPSA) is 36.4 Å². The first-order valence-corrected chi connectivity index (χ1v) is 9.81. The molecule has 0 radical (unpaired) electrons. The molecule has 2 aromatic rings. The summed E-state index contributed by atoms with van der Waals surface area (Å²) in [6.45, 7) is 5.20. The minimum absolute atomic E-state index is 0.136. The maximum Gasteiger partial charge on any atom is 0.254 e. The molecule has 0 aliphatic carbocycles. The molecular formula is C22H27N3O. The van der Waals surface area contributed by atoms with Crippen molar-refractivity contribution in [3.05, 3.63) is 59.3 Å². The molecule has 2 fully saturated rings. The molecule has 1 aromatic heterocycles. The van der Waals surface area contributed by atoms with E-state index in [9.17, 15) is 4.79 Å². The van der Waals surface area contributed by atoms with Gasteiger partial charge in [-0.15, -0.1) is 0 Å². The number of nitrogens with zero attached hydrogens (tertiary/aromatic N) is 3. The van der Waals surface area contributed by atoms with Crippen LogP contribution in [-0.4, -0.2) is 35.4 Å². The number of piperidine rings is 1. The van der Waals surface area contributed by atoms with Gasteiger partial charge in [0.15, 0.2) is 0 Å². The van der Waals surface area contributed by atoms with Crippen molar-refractivity contribution < 1.29 is 4.79 Å². The van der Waals surface area contributed by atoms with Crippen LogP contribution in [-0.2, 0) is 0 Å². The average Bonchev–Trinajstić information content (AvgIpc) is 3.23. The van der Waals surface area contributed by atoms with Crippen molar-refractivity contribution in [2.24, 2.45) is 0 Å². The lowest BCUT2D eigenvalue weighted by atomic mass is 9.92. The summed E-state index contributed by atoms with van der Waals surface area (Å²) in [6.07, 6.45) is 7.79. The zero-order valence-electron chi connectivity index (χ0n) is 15.5. The molecule has 0 N–H and O–H groups in total. The van der Waals surface area contributed by atoms with Gasteiger partial charge in [0, 0.05) is 31.4 Å². The Morgan fingerprint density at radius 3 is 2.50 bits per heavy atom. The van der Waals surface area contributed by atoms with Crippen LogP contribution >= 0.6 is 0 Å². The van der Waals surface area contributed by atoms with Crippen molar-refractivity contribution in [3.63, 3.8) is 0 Å². The number of hydrogen-bond acceptors (Lipinski definition) is 3. The summed E-state index contributed by atoms with van der Waals surface area (Å²) < 4.78 is 0. The first-order valence-electron chi connectivity index (χ1n) is 9.81. The number of carbonyl (C=O) groups excluding carboxylic acids is 1. The third-order valence-electron chi connectivity index (χ3n) is 5.71. The van der Waals surface area contributed by atoms with Crippen molar-refractivity contribution in [3.8, 4) is 0 Å². The maximum atomic E-state index is 13.1. The van der Waals surface area contributed by atoms with Gasteiger partial charge >= 0.3 is 0 Å². The molecule has 0 saturated carbocycles. The second-order valence-corrected chi connectivity index (χ2v) is 7.47. The first kappa shape index (κ1) is 17.1. The van der Waals surface area contributed by atoms with Gasteiger partial charge in [0.05, 0.1) is 6.04 Å². The van der Waals surface area contributed by atoms with Crippen LogP contribution in [0.2, 0.25) is 0 Å². The summed E-state index contributed by atoms with van der Waals surface area (Å²) >= 11 is 0. The number of aromatic nitrogens is 1. The Bertz CT molecular complexity index is 768. The summed E-state index contributed by atoms with van der Waals surface area (Å²) in [4.78, 5) is 22.2. The number of rotatable bonds is 3. The van der Waals surface area contributed by atoms with Crippen molar-refractivity contribution in [2.75, 3.05) is 24.5 Å². The van der Waals surface area contributed by atoms with E-state index in [1.807, 2.05) is 36.5 Å². The maximum absolute atomic E-state index is 13.1. The number of likely N-dealkylation sites (tertiary alicyclic amines) is 1. The van der Waals surface area contributed by atoms with E-state index in [1.54, 1.807) is 0 Å².